The van der Waals surface area contributed by atoms with E-state index in [1.165, 1.54) is 32.1 Å². The Kier molecular flexibility index (Phi) is 14.7. The first kappa shape index (κ1) is 29.1. The molecule has 1 amide bonds. The first-order chi connectivity index (χ1) is 15.2. The van der Waals surface area contributed by atoms with Gasteiger partial charge >= 0.3 is 0 Å². The van der Waals surface area contributed by atoms with Crippen molar-refractivity contribution in [2.75, 3.05) is 26.2 Å². The highest BCUT2D eigenvalue weighted by Crippen LogP contribution is 2.17. The van der Waals surface area contributed by atoms with Gasteiger partial charge in [-0.05, 0) is 44.4 Å². The fraction of sp³-hybridized carbons (Fsp3) is 0.462. The number of halogens is 2. The highest BCUT2D eigenvalue weighted by molar-refractivity contribution is 6.09. The summed E-state index contributed by atoms with van der Waals surface area (Å²) in [5.41, 5.74) is 1.82. The molecule has 3 N–H and O–H groups in total. The Morgan fingerprint density at radius 2 is 1.30 bits per heavy atom. The molecule has 3 rings (SSSR count). The molecule has 0 bridgehead atoms. The van der Waals surface area contributed by atoms with E-state index in [2.05, 4.69) is 16.0 Å². The van der Waals surface area contributed by atoms with Crippen LogP contribution in [0.3, 0.4) is 0 Å². The lowest BCUT2D eigenvalue weighted by Crippen LogP contribution is -2.36. The van der Waals surface area contributed by atoms with Crippen LogP contribution >= 0.6 is 24.8 Å². The number of carbonyl (C=O) groups excluding carboxylic acids is 2. The lowest BCUT2D eigenvalue weighted by Gasteiger charge is -2.22. The van der Waals surface area contributed by atoms with Crippen LogP contribution in [0.2, 0.25) is 0 Å². The molecule has 1 aliphatic rings. The highest BCUT2D eigenvalue weighted by Gasteiger charge is 2.12. The first-order valence-electron chi connectivity index (χ1n) is 11.7. The molecule has 1 fully saturated rings. The Bertz CT molecular complexity index is 810. The maximum absolute atomic E-state index is 12.4. The third-order valence-electron chi connectivity index (χ3n) is 5.85. The van der Waals surface area contributed by atoms with E-state index in [9.17, 15) is 9.59 Å². The topological polar surface area (TPSA) is 70.2 Å². The molecule has 0 heterocycles. The average Bonchev–Trinajstić information content (AvgIpc) is 2.83. The summed E-state index contributed by atoms with van der Waals surface area (Å²) in [6, 6.07) is 16.8. The molecule has 0 atom stereocenters. The first-order valence-corrected chi connectivity index (χ1v) is 11.7. The van der Waals surface area contributed by atoms with E-state index in [4.69, 9.17) is 0 Å². The van der Waals surface area contributed by atoms with Crippen LogP contribution in [0.4, 0.5) is 0 Å². The van der Waals surface area contributed by atoms with Crippen molar-refractivity contribution in [1.29, 1.82) is 0 Å². The van der Waals surface area contributed by atoms with E-state index in [0.717, 1.165) is 38.5 Å². The van der Waals surface area contributed by atoms with Crippen LogP contribution in [0.1, 0.15) is 71.2 Å². The van der Waals surface area contributed by atoms with Gasteiger partial charge < -0.3 is 16.0 Å². The molecule has 5 nitrogen and oxygen atoms in total. The van der Waals surface area contributed by atoms with Gasteiger partial charge in [0.15, 0.2) is 5.78 Å². The summed E-state index contributed by atoms with van der Waals surface area (Å²) in [6.45, 7) is 3.66. The molecule has 0 spiro atoms. The monoisotopic (exact) mass is 493 g/mol. The molecular weight excluding hydrogens is 457 g/mol. The quantitative estimate of drug-likeness (QED) is 0.293. The number of unbranched alkanes of at least 4 members (excludes halogenated alkanes) is 1. The fourth-order valence-corrected chi connectivity index (χ4v) is 4.00. The van der Waals surface area contributed by atoms with Gasteiger partial charge in [0, 0.05) is 42.4 Å². The van der Waals surface area contributed by atoms with E-state index < -0.39 is 0 Å². The second-order valence-electron chi connectivity index (χ2n) is 8.27. The van der Waals surface area contributed by atoms with Crippen molar-refractivity contribution in [2.24, 2.45) is 0 Å². The van der Waals surface area contributed by atoms with Crippen molar-refractivity contribution >= 4 is 36.5 Å². The van der Waals surface area contributed by atoms with Crippen molar-refractivity contribution in [3.05, 3.63) is 71.3 Å². The number of amides is 1. The van der Waals surface area contributed by atoms with Gasteiger partial charge in [0.2, 0.25) is 0 Å². The van der Waals surface area contributed by atoms with Gasteiger partial charge in [0.05, 0.1) is 0 Å². The standard InChI is InChI=1S/C26H35N3O2.2ClH/c30-25(21-9-3-1-4-10-21)22-13-15-23(16-14-22)26(31)29-18-8-7-17-27-19-20-28-24-11-5-2-6-12-24;;/h1,3-4,9-10,13-16,24,27-28H,2,5-8,11-12,17-20H2,(H,29,31);2*1H. The lowest BCUT2D eigenvalue weighted by atomic mass is 9.95. The van der Waals surface area contributed by atoms with Crippen LogP contribution in [-0.4, -0.2) is 43.9 Å². The summed E-state index contributed by atoms with van der Waals surface area (Å²) >= 11 is 0. The zero-order chi connectivity index (χ0) is 21.7. The van der Waals surface area contributed by atoms with E-state index in [1.54, 1.807) is 36.4 Å². The van der Waals surface area contributed by atoms with Crippen LogP contribution in [-0.2, 0) is 0 Å². The molecule has 0 unspecified atom stereocenters. The van der Waals surface area contributed by atoms with Gasteiger partial charge in [-0.3, -0.25) is 9.59 Å². The molecule has 1 aliphatic carbocycles. The third-order valence-corrected chi connectivity index (χ3v) is 5.85. The zero-order valence-electron chi connectivity index (χ0n) is 19.2. The molecule has 0 aliphatic heterocycles. The molecule has 2 aromatic carbocycles. The molecule has 7 heteroatoms. The van der Waals surface area contributed by atoms with Crippen molar-refractivity contribution in [3.8, 4) is 0 Å². The number of benzene rings is 2. The predicted molar refractivity (Wildman–Crippen MR) is 140 cm³/mol. The number of nitrogens with one attached hydrogen (secondary N) is 3. The molecule has 182 valence electrons. The van der Waals surface area contributed by atoms with E-state index in [0.29, 0.717) is 23.2 Å². The summed E-state index contributed by atoms with van der Waals surface area (Å²) in [5.74, 6) is -0.127. The molecule has 1 saturated carbocycles. The summed E-state index contributed by atoms with van der Waals surface area (Å²) in [5, 5.41) is 10.1. The number of hydrogen-bond donors (Lipinski definition) is 3. The predicted octanol–water partition coefficient (Wildman–Crippen LogP) is 4.78. The summed E-state index contributed by atoms with van der Waals surface area (Å²) in [4.78, 5) is 24.7. The van der Waals surface area contributed by atoms with Crippen molar-refractivity contribution in [3.63, 3.8) is 0 Å². The van der Waals surface area contributed by atoms with Crippen molar-refractivity contribution < 1.29 is 9.59 Å². The largest absolute Gasteiger partial charge is 0.352 e. The van der Waals surface area contributed by atoms with Gasteiger partial charge in [0.1, 0.15) is 0 Å². The Hall–Kier alpha value is -1.92. The van der Waals surface area contributed by atoms with Crippen LogP contribution in [0.25, 0.3) is 0 Å². The minimum Gasteiger partial charge on any atom is -0.352 e. The number of carbonyl (C=O) groups is 2. The van der Waals surface area contributed by atoms with Crippen molar-refractivity contribution in [1.82, 2.24) is 16.0 Å². The van der Waals surface area contributed by atoms with Gasteiger partial charge in [0.25, 0.3) is 5.91 Å². The second-order valence-corrected chi connectivity index (χ2v) is 8.27. The van der Waals surface area contributed by atoms with Gasteiger partial charge in [-0.25, -0.2) is 0 Å². The number of rotatable bonds is 12. The molecule has 0 saturated heterocycles. The number of hydrogen-bond acceptors (Lipinski definition) is 4. The zero-order valence-corrected chi connectivity index (χ0v) is 20.8. The smallest absolute Gasteiger partial charge is 0.251 e. The molecule has 2 aromatic rings. The molecule has 33 heavy (non-hydrogen) atoms. The van der Waals surface area contributed by atoms with Crippen LogP contribution in [0.15, 0.2) is 54.6 Å². The van der Waals surface area contributed by atoms with Gasteiger partial charge in [-0.15, -0.1) is 24.8 Å². The minimum absolute atomic E-state index is 0. The van der Waals surface area contributed by atoms with Gasteiger partial charge in [-0.2, -0.15) is 0 Å². The maximum atomic E-state index is 12.4. The fourth-order valence-electron chi connectivity index (χ4n) is 4.00. The normalized spacial score (nSPS) is 13.5. The lowest BCUT2D eigenvalue weighted by molar-refractivity contribution is 0.0951. The minimum atomic E-state index is -0.0941. The Balaban J connectivity index is 0.00000272. The molecule has 0 aromatic heterocycles. The Morgan fingerprint density at radius 1 is 0.697 bits per heavy atom. The van der Waals surface area contributed by atoms with E-state index in [-0.39, 0.29) is 36.5 Å². The Labute approximate surface area is 210 Å². The average molecular weight is 495 g/mol. The summed E-state index contributed by atoms with van der Waals surface area (Å²) in [6.07, 6.45) is 8.76. The molecule has 0 radical (unpaired) electrons. The van der Waals surface area contributed by atoms with Crippen LogP contribution in [0.5, 0.6) is 0 Å². The molecular formula is C26H37Cl2N3O2. The Morgan fingerprint density at radius 3 is 2.00 bits per heavy atom. The SMILES string of the molecule is Cl.Cl.O=C(NCCCCNCCNC1CCCCC1)c1ccc(C(=O)c2ccccc2)cc1. The second kappa shape index (κ2) is 16.7. The number of ketones is 1. The maximum Gasteiger partial charge on any atom is 0.251 e. The van der Waals surface area contributed by atoms with Crippen LogP contribution in [0, 0.1) is 0 Å². The van der Waals surface area contributed by atoms with Crippen LogP contribution < -0.4 is 16.0 Å². The summed E-state index contributed by atoms with van der Waals surface area (Å²) in [7, 11) is 0. The summed E-state index contributed by atoms with van der Waals surface area (Å²) < 4.78 is 0. The van der Waals surface area contributed by atoms with E-state index >= 15 is 0 Å². The highest BCUT2D eigenvalue weighted by atomic mass is 35.5. The van der Waals surface area contributed by atoms with E-state index in [1.807, 2.05) is 18.2 Å². The van der Waals surface area contributed by atoms with Crippen molar-refractivity contribution in [2.45, 2.75) is 51.0 Å². The van der Waals surface area contributed by atoms with Gasteiger partial charge in [-0.1, -0.05) is 61.7 Å². The third kappa shape index (κ3) is 10.3.